The first kappa shape index (κ1) is 18.1. The van der Waals surface area contributed by atoms with Crippen molar-refractivity contribution >= 4 is 29.3 Å². The fourth-order valence-electron chi connectivity index (χ4n) is 3.42. The highest BCUT2D eigenvalue weighted by Crippen LogP contribution is 2.30. The molecule has 26 heavy (non-hydrogen) atoms. The number of rotatable bonds is 5. The standard InChI is InChI=1S/C18H22N4O4/c1-3-21(9-10(2)19)11-4-5-12-13(8-11)18(26)22(17(12)25)14-6-7-15(23)20-16(14)24/h4-5,8,10,14H,3,6-7,9,19H2,1-2H3,(H,20,23,24)/t10-,14?/m1/s1. The van der Waals surface area contributed by atoms with Crippen molar-refractivity contribution in [3.05, 3.63) is 29.3 Å². The van der Waals surface area contributed by atoms with Gasteiger partial charge in [-0.05, 0) is 38.5 Å². The van der Waals surface area contributed by atoms with Crippen LogP contribution >= 0.6 is 0 Å². The molecule has 2 heterocycles. The third-order valence-electron chi connectivity index (χ3n) is 4.68. The van der Waals surface area contributed by atoms with Gasteiger partial charge in [-0.25, -0.2) is 0 Å². The van der Waals surface area contributed by atoms with Crippen molar-refractivity contribution in [2.75, 3.05) is 18.0 Å². The summed E-state index contributed by atoms with van der Waals surface area (Å²) in [6, 6.07) is 4.08. The number of fused-ring (bicyclic) bond motifs is 1. The predicted molar refractivity (Wildman–Crippen MR) is 94.7 cm³/mol. The van der Waals surface area contributed by atoms with Crippen molar-refractivity contribution in [3.63, 3.8) is 0 Å². The van der Waals surface area contributed by atoms with E-state index in [4.69, 9.17) is 5.73 Å². The molecule has 1 unspecified atom stereocenters. The highest BCUT2D eigenvalue weighted by atomic mass is 16.2. The van der Waals surface area contributed by atoms with Crippen LogP contribution in [-0.4, -0.2) is 53.7 Å². The number of hydrogen-bond donors (Lipinski definition) is 2. The van der Waals surface area contributed by atoms with Crippen LogP contribution in [0.15, 0.2) is 18.2 Å². The SMILES string of the molecule is CCN(C[C@@H](C)N)c1ccc2c(c1)C(=O)N(C1CCC(=O)NC1=O)C2=O. The van der Waals surface area contributed by atoms with Crippen molar-refractivity contribution in [1.29, 1.82) is 0 Å². The summed E-state index contributed by atoms with van der Waals surface area (Å²) in [5.41, 5.74) is 7.23. The second-order valence-electron chi connectivity index (χ2n) is 6.69. The first-order valence-corrected chi connectivity index (χ1v) is 8.69. The second-order valence-corrected chi connectivity index (χ2v) is 6.69. The number of amides is 4. The van der Waals surface area contributed by atoms with Gasteiger partial charge in [0.25, 0.3) is 11.8 Å². The lowest BCUT2D eigenvalue weighted by molar-refractivity contribution is -0.136. The fourth-order valence-corrected chi connectivity index (χ4v) is 3.42. The van der Waals surface area contributed by atoms with Crippen molar-refractivity contribution in [2.24, 2.45) is 5.73 Å². The first-order chi connectivity index (χ1) is 12.3. The highest BCUT2D eigenvalue weighted by molar-refractivity contribution is 6.23. The number of anilines is 1. The molecule has 3 rings (SSSR count). The van der Waals surface area contributed by atoms with Gasteiger partial charge in [0.2, 0.25) is 11.8 Å². The van der Waals surface area contributed by atoms with E-state index >= 15 is 0 Å². The Bertz CT molecular complexity index is 789. The molecular formula is C18H22N4O4. The van der Waals surface area contributed by atoms with Gasteiger partial charge in [0.15, 0.2) is 0 Å². The molecule has 8 heteroatoms. The summed E-state index contributed by atoms with van der Waals surface area (Å²) in [6.07, 6.45) is 0.252. The third-order valence-corrected chi connectivity index (χ3v) is 4.68. The normalized spacial score (nSPS) is 20.9. The minimum absolute atomic E-state index is 0.0412. The lowest BCUT2D eigenvalue weighted by Gasteiger charge is -2.27. The van der Waals surface area contributed by atoms with Crippen LogP contribution in [0.25, 0.3) is 0 Å². The Kier molecular flexibility index (Phi) is 4.78. The predicted octanol–water partition coefficient (Wildman–Crippen LogP) is 0.261. The molecule has 2 aliphatic rings. The summed E-state index contributed by atoms with van der Waals surface area (Å²) in [4.78, 5) is 51.9. The van der Waals surface area contributed by atoms with Gasteiger partial charge in [-0.15, -0.1) is 0 Å². The number of nitrogens with zero attached hydrogens (tertiary/aromatic N) is 2. The second kappa shape index (κ2) is 6.87. The van der Waals surface area contributed by atoms with Gasteiger partial charge >= 0.3 is 0 Å². The van der Waals surface area contributed by atoms with Crippen molar-refractivity contribution in [1.82, 2.24) is 10.2 Å². The zero-order chi connectivity index (χ0) is 19.0. The van der Waals surface area contributed by atoms with E-state index in [-0.39, 0.29) is 35.9 Å². The number of hydrogen-bond acceptors (Lipinski definition) is 6. The van der Waals surface area contributed by atoms with Crippen LogP contribution < -0.4 is 16.0 Å². The molecule has 8 nitrogen and oxygen atoms in total. The molecule has 0 aromatic heterocycles. The minimum atomic E-state index is -0.949. The molecule has 1 fully saturated rings. The number of nitrogens with two attached hydrogens (primary N) is 1. The minimum Gasteiger partial charge on any atom is -0.370 e. The van der Waals surface area contributed by atoms with Crippen LogP contribution in [0, 0.1) is 0 Å². The van der Waals surface area contributed by atoms with Gasteiger partial charge in [0.05, 0.1) is 11.1 Å². The molecule has 4 amide bonds. The Hall–Kier alpha value is -2.74. The summed E-state index contributed by atoms with van der Waals surface area (Å²) in [6.45, 7) is 5.21. The Balaban J connectivity index is 1.90. The number of imide groups is 2. The van der Waals surface area contributed by atoms with Crippen molar-refractivity contribution < 1.29 is 19.2 Å². The fraction of sp³-hybridized carbons (Fsp3) is 0.444. The van der Waals surface area contributed by atoms with E-state index in [1.54, 1.807) is 18.2 Å². The maximum Gasteiger partial charge on any atom is 0.262 e. The Morgan fingerprint density at radius 2 is 1.92 bits per heavy atom. The quantitative estimate of drug-likeness (QED) is 0.730. The maximum absolute atomic E-state index is 12.8. The molecule has 2 aliphatic heterocycles. The van der Waals surface area contributed by atoms with Crippen LogP contribution in [0.5, 0.6) is 0 Å². The van der Waals surface area contributed by atoms with Crippen molar-refractivity contribution in [3.8, 4) is 0 Å². The van der Waals surface area contributed by atoms with E-state index in [2.05, 4.69) is 5.32 Å². The third kappa shape index (κ3) is 3.08. The lowest BCUT2D eigenvalue weighted by atomic mass is 10.0. The van der Waals surface area contributed by atoms with E-state index in [1.165, 1.54) is 0 Å². The monoisotopic (exact) mass is 358 g/mol. The summed E-state index contributed by atoms with van der Waals surface area (Å²) >= 11 is 0. The van der Waals surface area contributed by atoms with E-state index in [1.807, 2.05) is 18.7 Å². The zero-order valence-electron chi connectivity index (χ0n) is 14.8. The average molecular weight is 358 g/mol. The molecule has 1 aromatic carbocycles. The average Bonchev–Trinajstić information content (AvgIpc) is 2.84. The van der Waals surface area contributed by atoms with Crippen LogP contribution in [0.1, 0.15) is 47.4 Å². The summed E-state index contributed by atoms with van der Waals surface area (Å²) in [5.74, 6) is -2.00. The van der Waals surface area contributed by atoms with E-state index in [0.29, 0.717) is 13.1 Å². The molecule has 0 aliphatic carbocycles. The topological polar surface area (TPSA) is 113 Å². The maximum atomic E-state index is 12.8. The molecule has 1 aromatic rings. The summed E-state index contributed by atoms with van der Waals surface area (Å²) in [5, 5.41) is 2.19. The van der Waals surface area contributed by atoms with Gasteiger partial charge < -0.3 is 10.6 Å². The zero-order valence-corrected chi connectivity index (χ0v) is 14.8. The highest BCUT2D eigenvalue weighted by Gasteiger charge is 2.44. The summed E-state index contributed by atoms with van der Waals surface area (Å²) in [7, 11) is 0. The molecule has 138 valence electrons. The number of benzene rings is 1. The molecule has 1 saturated heterocycles. The van der Waals surface area contributed by atoms with Crippen LogP contribution in [0.3, 0.4) is 0 Å². The van der Waals surface area contributed by atoms with Gasteiger partial charge in [-0.2, -0.15) is 0 Å². The number of likely N-dealkylation sites (N-methyl/N-ethyl adjacent to an activating group) is 1. The Morgan fingerprint density at radius 1 is 1.23 bits per heavy atom. The molecule has 0 saturated carbocycles. The lowest BCUT2D eigenvalue weighted by Crippen LogP contribution is -2.54. The number of piperidine rings is 1. The van der Waals surface area contributed by atoms with Crippen molar-refractivity contribution in [2.45, 2.75) is 38.8 Å². The van der Waals surface area contributed by atoms with E-state index < -0.39 is 23.8 Å². The van der Waals surface area contributed by atoms with Crippen LogP contribution in [0.2, 0.25) is 0 Å². The Labute approximate surface area is 151 Å². The molecule has 2 atom stereocenters. The van der Waals surface area contributed by atoms with E-state index in [9.17, 15) is 19.2 Å². The van der Waals surface area contributed by atoms with E-state index in [0.717, 1.165) is 10.6 Å². The smallest absolute Gasteiger partial charge is 0.262 e. The van der Waals surface area contributed by atoms with Gasteiger partial charge in [-0.3, -0.25) is 29.4 Å². The van der Waals surface area contributed by atoms with Gasteiger partial charge in [0.1, 0.15) is 6.04 Å². The van der Waals surface area contributed by atoms with Gasteiger partial charge in [-0.1, -0.05) is 0 Å². The van der Waals surface area contributed by atoms with Gasteiger partial charge in [0, 0.05) is 31.2 Å². The summed E-state index contributed by atoms with van der Waals surface area (Å²) < 4.78 is 0. The number of carbonyl (C=O) groups excluding carboxylic acids is 4. The molecule has 0 bridgehead atoms. The number of nitrogens with one attached hydrogen (secondary N) is 1. The Morgan fingerprint density at radius 3 is 2.54 bits per heavy atom. The van der Waals surface area contributed by atoms with Crippen LogP contribution in [0.4, 0.5) is 5.69 Å². The largest absolute Gasteiger partial charge is 0.370 e. The number of carbonyl (C=O) groups is 4. The molecule has 3 N–H and O–H groups in total. The first-order valence-electron chi connectivity index (χ1n) is 8.69. The van der Waals surface area contributed by atoms with Crippen LogP contribution in [-0.2, 0) is 9.59 Å². The molecule has 0 radical (unpaired) electrons. The molecule has 0 spiro atoms. The molecular weight excluding hydrogens is 336 g/mol.